The number of thioether (sulfide) groups is 1. The van der Waals surface area contributed by atoms with Crippen LogP contribution in [-0.4, -0.2) is 46.5 Å². The zero-order valence-electron chi connectivity index (χ0n) is 17.2. The van der Waals surface area contributed by atoms with Gasteiger partial charge in [0.2, 0.25) is 11.8 Å². The number of nitrogens with zero attached hydrogens (tertiary/aromatic N) is 3. The topological polar surface area (TPSA) is 77.7 Å². The fourth-order valence-electron chi connectivity index (χ4n) is 3.97. The first kappa shape index (κ1) is 19.9. The first-order valence-electron chi connectivity index (χ1n) is 10.4. The lowest BCUT2D eigenvalue weighted by Crippen LogP contribution is -2.32. The highest BCUT2D eigenvalue weighted by Gasteiger charge is 2.31. The monoisotopic (exact) mass is 437 g/mol. The number of rotatable bonds is 5. The van der Waals surface area contributed by atoms with Crippen molar-refractivity contribution in [2.24, 2.45) is 0 Å². The van der Waals surface area contributed by atoms with Gasteiger partial charge in [0.15, 0.2) is 11.5 Å². The number of aromatic nitrogens is 2. The number of aryl methyl sites for hydroxylation is 1. The Morgan fingerprint density at radius 3 is 2.74 bits per heavy atom. The normalized spacial score (nSPS) is 17.7. The van der Waals surface area contributed by atoms with Crippen LogP contribution in [0.4, 0.5) is 0 Å². The Hall–Kier alpha value is -3.00. The fraction of sp³-hybridized carbons (Fsp3) is 0.348. The summed E-state index contributed by atoms with van der Waals surface area (Å²) in [4.78, 5) is 14.9. The summed E-state index contributed by atoms with van der Waals surface area (Å²) in [6.07, 6.45) is 1.92. The molecule has 2 aliphatic heterocycles. The smallest absolute Gasteiger partial charge is 0.277 e. The van der Waals surface area contributed by atoms with Gasteiger partial charge in [0.1, 0.15) is 13.2 Å². The Labute approximate surface area is 184 Å². The lowest BCUT2D eigenvalue weighted by Gasteiger charge is -2.26. The number of hydrogen-bond donors (Lipinski definition) is 0. The minimum absolute atomic E-state index is 0.0507. The molecule has 0 bridgehead atoms. The summed E-state index contributed by atoms with van der Waals surface area (Å²) in [6.45, 7) is 3.89. The van der Waals surface area contributed by atoms with Crippen molar-refractivity contribution in [3.8, 4) is 23.0 Å². The lowest BCUT2D eigenvalue weighted by atomic mass is 10.0. The molecular formula is C23H23N3O4S. The van der Waals surface area contributed by atoms with Gasteiger partial charge in [0.05, 0.1) is 11.8 Å². The lowest BCUT2D eigenvalue weighted by molar-refractivity contribution is -0.129. The molecule has 0 radical (unpaired) electrons. The van der Waals surface area contributed by atoms with Gasteiger partial charge in [-0.05, 0) is 49.6 Å². The SMILES string of the molecule is Cc1ccc(-c2nnc(SCC(=O)N3CCC[C@@H]3c3ccc4c(c3)OCCO4)o2)cc1. The van der Waals surface area contributed by atoms with Crippen LogP contribution in [0.3, 0.4) is 0 Å². The molecule has 1 amide bonds. The third-order valence-electron chi connectivity index (χ3n) is 5.55. The van der Waals surface area contributed by atoms with E-state index < -0.39 is 0 Å². The van der Waals surface area contributed by atoms with Crippen molar-refractivity contribution in [2.45, 2.75) is 31.0 Å². The molecule has 8 heteroatoms. The van der Waals surface area contributed by atoms with Crippen LogP contribution in [-0.2, 0) is 4.79 Å². The number of carbonyl (C=O) groups excluding carboxylic acids is 1. The highest BCUT2D eigenvalue weighted by Crippen LogP contribution is 2.38. The number of benzene rings is 2. The second-order valence-electron chi connectivity index (χ2n) is 7.68. The van der Waals surface area contributed by atoms with E-state index in [4.69, 9.17) is 13.9 Å². The summed E-state index contributed by atoms with van der Waals surface area (Å²) in [7, 11) is 0. The van der Waals surface area contributed by atoms with Gasteiger partial charge in [0, 0.05) is 12.1 Å². The Morgan fingerprint density at radius 2 is 1.90 bits per heavy atom. The van der Waals surface area contributed by atoms with E-state index in [-0.39, 0.29) is 17.7 Å². The van der Waals surface area contributed by atoms with E-state index in [1.165, 1.54) is 17.3 Å². The molecule has 3 heterocycles. The maximum Gasteiger partial charge on any atom is 0.277 e. The quantitative estimate of drug-likeness (QED) is 0.552. The van der Waals surface area contributed by atoms with Gasteiger partial charge < -0.3 is 18.8 Å². The van der Waals surface area contributed by atoms with Gasteiger partial charge >= 0.3 is 0 Å². The molecule has 0 spiro atoms. The molecule has 2 aromatic carbocycles. The fourth-order valence-corrected chi connectivity index (χ4v) is 4.62. The van der Waals surface area contributed by atoms with Gasteiger partial charge in [-0.1, -0.05) is 35.5 Å². The number of ether oxygens (including phenoxy) is 2. The Bertz CT molecular complexity index is 1080. The van der Waals surface area contributed by atoms with Crippen molar-refractivity contribution in [3.63, 3.8) is 0 Å². The van der Waals surface area contributed by atoms with Crippen LogP contribution in [0.5, 0.6) is 11.5 Å². The zero-order valence-corrected chi connectivity index (χ0v) is 18.1. The van der Waals surface area contributed by atoms with E-state index in [1.807, 2.05) is 54.3 Å². The standard InChI is InChI=1S/C23H23N3O4S/c1-15-4-6-16(7-5-15)22-24-25-23(30-22)31-14-21(27)26-10-2-3-18(26)17-8-9-19-20(13-17)29-12-11-28-19/h4-9,13,18H,2-3,10-12,14H2,1H3/t18-/m1/s1. The molecule has 3 aromatic rings. The average Bonchev–Trinajstić information content (AvgIpc) is 3.48. The highest BCUT2D eigenvalue weighted by atomic mass is 32.2. The van der Waals surface area contributed by atoms with Gasteiger partial charge in [-0.15, -0.1) is 10.2 Å². The Balaban J connectivity index is 1.23. The number of carbonyl (C=O) groups is 1. The van der Waals surface area contributed by atoms with Gasteiger partial charge in [-0.25, -0.2) is 0 Å². The summed E-state index contributed by atoms with van der Waals surface area (Å²) in [6, 6.07) is 13.9. The van der Waals surface area contributed by atoms with Crippen LogP contribution >= 0.6 is 11.8 Å². The van der Waals surface area contributed by atoms with Gasteiger partial charge in [-0.3, -0.25) is 4.79 Å². The minimum Gasteiger partial charge on any atom is -0.486 e. The van der Waals surface area contributed by atoms with Crippen molar-refractivity contribution >= 4 is 17.7 Å². The van der Waals surface area contributed by atoms with Crippen molar-refractivity contribution < 1.29 is 18.7 Å². The molecule has 160 valence electrons. The summed E-state index contributed by atoms with van der Waals surface area (Å²) in [5, 5.41) is 8.59. The van der Waals surface area contributed by atoms with Crippen LogP contribution in [0.25, 0.3) is 11.5 Å². The number of fused-ring (bicyclic) bond motifs is 1. The molecule has 31 heavy (non-hydrogen) atoms. The second-order valence-corrected chi connectivity index (χ2v) is 8.60. The number of hydrogen-bond acceptors (Lipinski definition) is 7. The molecular weight excluding hydrogens is 414 g/mol. The van der Waals surface area contributed by atoms with E-state index in [9.17, 15) is 4.79 Å². The van der Waals surface area contributed by atoms with E-state index in [0.29, 0.717) is 24.3 Å². The maximum absolute atomic E-state index is 13.0. The molecule has 1 saturated heterocycles. The summed E-state index contributed by atoms with van der Waals surface area (Å²) in [5.41, 5.74) is 3.12. The van der Waals surface area contributed by atoms with Crippen LogP contribution in [0.1, 0.15) is 30.0 Å². The molecule has 1 atom stereocenters. The van der Waals surface area contributed by atoms with Crippen LogP contribution in [0.2, 0.25) is 0 Å². The largest absolute Gasteiger partial charge is 0.486 e. The minimum atomic E-state index is 0.0507. The van der Waals surface area contributed by atoms with Crippen molar-refractivity contribution in [1.29, 1.82) is 0 Å². The molecule has 0 N–H and O–H groups in total. The molecule has 7 nitrogen and oxygen atoms in total. The summed E-state index contributed by atoms with van der Waals surface area (Å²) in [5.74, 6) is 2.31. The van der Waals surface area contributed by atoms with E-state index >= 15 is 0 Å². The van der Waals surface area contributed by atoms with E-state index in [0.717, 1.165) is 42.0 Å². The third kappa shape index (κ3) is 4.25. The maximum atomic E-state index is 13.0. The Kier molecular flexibility index (Phi) is 5.55. The molecule has 2 aliphatic rings. The van der Waals surface area contributed by atoms with Crippen molar-refractivity contribution in [2.75, 3.05) is 25.5 Å². The summed E-state index contributed by atoms with van der Waals surface area (Å²) >= 11 is 1.28. The van der Waals surface area contributed by atoms with Crippen molar-refractivity contribution in [1.82, 2.24) is 15.1 Å². The van der Waals surface area contributed by atoms with E-state index in [1.54, 1.807) is 0 Å². The van der Waals surface area contributed by atoms with Gasteiger partial charge in [-0.2, -0.15) is 0 Å². The average molecular weight is 438 g/mol. The van der Waals surface area contributed by atoms with Crippen molar-refractivity contribution in [3.05, 3.63) is 53.6 Å². The zero-order chi connectivity index (χ0) is 21.2. The van der Waals surface area contributed by atoms with E-state index in [2.05, 4.69) is 10.2 Å². The number of likely N-dealkylation sites (tertiary alicyclic amines) is 1. The first-order valence-corrected chi connectivity index (χ1v) is 11.4. The molecule has 5 rings (SSSR count). The van der Waals surface area contributed by atoms with Crippen LogP contribution in [0, 0.1) is 6.92 Å². The third-order valence-corrected chi connectivity index (χ3v) is 6.35. The molecule has 0 aliphatic carbocycles. The molecule has 0 saturated carbocycles. The predicted octanol–water partition coefficient (Wildman–Crippen LogP) is 4.27. The van der Waals surface area contributed by atoms with Crippen LogP contribution in [0.15, 0.2) is 52.1 Å². The molecule has 1 fully saturated rings. The molecule has 0 unspecified atom stereocenters. The first-order chi connectivity index (χ1) is 15.2. The van der Waals surface area contributed by atoms with Gasteiger partial charge in [0.25, 0.3) is 5.22 Å². The Morgan fingerprint density at radius 1 is 1.10 bits per heavy atom. The molecule has 1 aromatic heterocycles. The highest BCUT2D eigenvalue weighted by molar-refractivity contribution is 7.99. The number of amides is 1. The predicted molar refractivity (Wildman–Crippen MR) is 116 cm³/mol. The van der Waals surface area contributed by atoms with Crippen LogP contribution < -0.4 is 9.47 Å². The summed E-state index contributed by atoms with van der Waals surface area (Å²) < 4.78 is 17.1. The second kappa shape index (κ2) is 8.63.